The molecule has 0 radical (unpaired) electrons. The third-order valence-corrected chi connectivity index (χ3v) is 3.29. The lowest BCUT2D eigenvalue weighted by atomic mass is 10.3. The second-order valence-corrected chi connectivity index (χ2v) is 5.07. The minimum atomic E-state index is -0.520. The molecule has 0 aliphatic heterocycles. The monoisotopic (exact) mass is 259 g/mol. The van der Waals surface area contributed by atoms with Gasteiger partial charge in [-0.25, -0.2) is 9.37 Å². The van der Waals surface area contributed by atoms with E-state index >= 15 is 0 Å². The number of fused-ring (bicyclic) bond motifs is 1. The van der Waals surface area contributed by atoms with Gasteiger partial charge in [0.1, 0.15) is 5.52 Å². The summed E-state index contributed by atoms with van der Waals surface area (Å²) in [5.74, 6) is -0.346. The van der Waals surface area contributed by atoms with Crippen molar-refractivity contribution in [1.29, 1.82) is 0 Å². The van der Waals surface area contributed by atoms with Crippen LogP contribution >= 0.6 is 22.9 Å². The van der Waals surface area contributed by atoms with Crippen LogP contribution in [0.15, 0.2) is 6.07 Å². The molecule has 0 atom stereocenters. The first-order valence-corrected chi connectivity index (χ1v) is 6.21. The average molecular weight is 260 g/mol. The zero-order chi connectivity index (χ0) is 11.7. The first kappa shape index (κ1) is 11.6. The molecule has 0 saturated carbocycles. The molecular weight excluding hydrogens is 249 g/mol. The molecule has 1 aromatic heterocycles. The van der Waals surface area contributed by atoms with E-state index in [1.54, 1.807) is 6.07 Å². The van der Waals surface area contributed by atoms with Crippen LogP contribution in [0.3, 0.4) is 0 Å². The van der Waals surface area contributed by atoms with Crippen LogP contribution in [0.2, 0.25) is 5.02 Å². The minimum absolute atomic E-state index is 0.0854. The molecule has 1 heterocycles. The number of hydrogen-bond acceptors (Lipinski definition) is 3. The number of ether oxygens (including phenoxy) is 1. The molecule has 16 heavy (non-hydrogen) atoms. The number of hydrogen-bond donors (Lipinski definition) is 0. The molecule has 0 unspecified atom stereocenters. The lowest BCUT2D eigenvalue weighted by molar-refractivity contribution is 0.305. The third kappa shape index (κ3) is 1.99. The number of benzene rings is 1. The van der Waals surface area contributed by atoms with Gasteiger partial charge in [0.05, 0.1) is 21.3 Å². The summed E-state index contributed by atoms with van der Waals surface area (Å²) in [6.07, 6.45) is 0.816. The van der Waals surface area contributed by atoms with E-state index in [-0.39, 0.29) is 10.8 Å². The van der Waals surface area contributed by atoms with E-state index in [2.05, 4.69) is 4.98 Å². The van der Waals surface area contributed by atoms with Crippen molar-refractivity contribution in [2.45, 2.75) is 20.3 Å². The van der Waals surface area contributed by atoms with Crippen molar-refractivity contribution in [1.82, 2.24) is 4.98 Å². The van der Waals surface area contributed by atoms with Gasteiger partial charge in [0.25, 0.3) is 0 Å². The maximum absolute atomic E-state index is 13.8. The van der Waals surface area contributed by atoms with Gasteiger partial charge in [0, 0.05) is 0 Å². The summed E-state index contributed by atoms with van der Waals surface area (Å²) in [5, 5.41) is 0.959. The number of halogens is 2. The first-order valence-electron chi connectivity index (χ1n) is 5.01. The molecule has 86 valence electrons. The van der Waals surface area contributed by atoms with Gasteiger partial charge in [-0.05, 0) is 19.4 Å². The third-order valence-electron chi connectivity index (χ3n) is 2.09. The highest BCUT2D eigenvalue weighted by atomic mass is 35.5. The molecular formula is C11H11ClFNOS. The van der Waals surface area contributed by atoms with Gasteiger partial charge in [-0.15, -0.1) is 11.3 Å². The fourth-order valence-corrected chi connectivity index (χ4v) is 2.56. The van der Waals surface area contributed by atoms with E-state index < -0.39 is 5.82 Å². The number of thiazole rings is 1. The van der Waals surface area contributed by atoms with Crippen molar-refractivity contribution in [3.05, 3.63) is 21.9 Å². The maximum atomic E-state index is 13.8. The van der Waals surface area contributed by atoms with Crippen molar-refractivity contribution in [2.24, 2.45) is 0 Å². The highest BCUT2D eigenvalue weighted by Gasteiger charge is 2.16. The van der Waals surface area contributed by atoms with Gasteiger partial charge < -0.3 is 4.74 Å². The predicted octanol–water partition coefficient (Wildman–Crippen LogP) is 4.19. The van der Waals surface area contributed by atoms with Crippen molar-refractivity contribution in [2.75, 3.05) is 6.61 Å². The van der Waals surface area contributed by atoms with Crippen LogP contribution in [0.25, 0.3) is 10.2 Å². The first-order chi connectivity index (χ1) is 7.63. The van der Waals surface area contributed by atoms with Crippen molar-refractivity contribution >= 4 is 33.2 Å². The second-order valence-electron chi connectivity index (χ2n) is 3.43. The van der Waals surface area contributed by atoms with Crippen LogP contribution in [0.4, 0.5) is 4.39 Å². The quantitative estimate of drug-likeness (QED) is 0.825. The highest BCUT2D eigenvalue weighted by Crippen LogP contribution is 2.36. The second kappa shape index (κ2) is 4.55. The standard InChI is InChI=1S/C11H11ClFNOS/c1-3-4-15-11-9(13)7(12)5-8-10(11)14-6(2)16-8/h5H,3-4H2,1-2H3. The molecule has 0 bridgehead atoms. The maximum Gasteiger partial charge on any atom is 0.185 e. The van der Waals surface area contributed by atoms with Gasteiger partial charge in [-0.2, -0.15) is 0 Å². The van der Waals surface area contributed by atoms with E-state index in [4.69, 9.17) is 16.3 Å². The van der Waals surface area contributed by atoms with Gasteiger partial charge in [0.15, 0.2) is 11.6 Å². The Hall–Kier alpha value is -0.870. The molecule has 0 spiro atoms. The van der Waals surface area contributed by atoms with E-state index in [0.29, 0.717) is 12.1 Å². The lowest BCUT2D eigenvalue weighted by Gasteiger charge is -2.07. The fourth-order valence-electron chi connectivity index (χ4n) is 1.43. The van der Waals surface area contributed by atoms with Gasteiger partial charge in [-0.1, -0.05) is 18.5 Å². The number of rotatable bonds is 3. The van der Waals surface area contributed by atoms with Gasteiger partial charge in [0.2, 0.25) is 0 Å². The summed E-state index contributed by atoms with van der Waals surface area (Å²) in [7, 11) is 0. The molecule has 2 aromatic rings. The number of nitrogens with zero attached hydrogens (tertiary/aromatic N) is 1. The summed E-state index contributed by atoms with van der Waals surface area (Å²) in [6.45, 7) is 4.30. The van der Waals surface area contributed by atoms with E-state index in [0.717, 1.165) is 16.1 Å². The van der Waals surface area contributed by atoms with Gasteiger partial charge in [-0.3, -0.25) is 0 Å². The average Bonchev–Trinajstić information content (AvgIpc) is 2.59. The smallest absolute Gasteiger partial charge is 0.185 e. The molecule has 0 N–H and O–H groups in total. The topological polar surface area (TPSA) is 22.1 Å². The Kier molecular flexibility index (Phi) is 3.30. The molecule has 0 fully saturated rings. The summed E-state index contributed by atoms with van der Waals surface area (Å²) in [5.41, 5.74) is 0.567. The zero-order valence-corrected chi connectivity index (χ0v) is 10.6. The fraction of sp³-hybridized carbons (Fsp3) is 0.364. The predicted molar refractivity (Wildman–Crippen MR) is 65.1 cm³/mol. The Bertz CT molecular complexity index is 526. The summed E-state index contributed by atoms with van der Waals surface area (Å²) in [6, 6.07) is 1.59. The molecule has 0 saturated heterocycles. The lowest BCUT2D eigenvalue weighted by Crippen LogP contribution is -1.98. The summed E-state index contributed by atoms with van der Waals surface area (Å²) < 4.78 is 20.0. The molecule has 5 heteroatoms. The van der Waals surface area contributed by atoms with Crippen LogP contribution < -0.4 is 4.74 Å². The van der Waals surface area contributed by atoms with E-state index in [1.807, 2.05) is 13.8 Å². The molecule has 0 aliphatic carbocycles. The van der Waals surface area contributed by atoms with Crippen LogP contribution in [0.5, 0.6) is 5.75 Å². The zero-order valence-electron chi connectivity index (χ0n) is 9.01. The van der Waals surface area contributed by atoms with Crippen molar-refractivity contribution in [3.8, 4) is 5.75 Å². The summed E-state index contributed by atoms with van der Waals surface area (Å²) >= 11 is 7.29. The number of aryl methyl sites for hydroxylation is 1. The van der Waals surface area contributed by atoms with Crippen molar-refractivity contribution < 1.29 is 9.13 Å². The van der Waals surface area contributed by atoms with Crippen LogP contribution in [0, 0.1) is 12.7 Å². The molecule has 1 aromatic carbocycles. The Balaban J connectivity index is 2.61. The van der Waals surface area contributed by atoms with Crippen molar-refractivity contribution in [3.63, 3.8) is 0 Å². The molecule has 0 amide bonds. The number of aromatic nitrogens is 1. The van der Waals surface area contributed by atoms with Crippen LogP contribution in [-0.2, 0) is 0 Å². The van der Waals surface area contributed by atoms with E-state index in [1.165, 1.54) is 11.3 Å². The summed E-state index contributed by atoms with van der Waals surface area (Å²) in [4.78, 5) is 4.26. The Morgan fingerprint density at radius 2 is 2.31 bits per heavy atom. The molecule has 2 rings (SSSR count). The molecule has 0 aliphatic rings. The normalized spacial score (nSPS) is 11.0. The van der Waals surface area contributed by atoms with Crippen LogP contribution in [0.1, 0.15) is 18.4 Å². The van der Waals surface area contributed by atoms with Crippen LogP contribution in [-0.4, -0.2) is 11.6 Å². The van der Waals surface area contributed by atoms with E-state index in [9.17, 15) is 4.39 Å². The Morgan fingerprint density at radius 3 is 3.00 bits per heavy atom. The SMILES string of the molecule is CCCOc1c(F)c(Cl)cc2sc(C)nc12. The Morgan fingerprint density at radius 1 is 1.56 bits per heavy atom. The molecule has 2 nitrogen and oxygen atoms in total. The Labute approximate surface area is 102 Å². The van der Waals surface area contributed by atoms with Gasteiger partial charge >= 0.3 is 0 Å². The highest BCUT2D eigenvalue weighted by molar-refractivity contribution is 7.18. The largest absolute Gasteiger partial charge is 0.488 e. The minimum Gasteiger partial charge on any atom is -0.488 e.